The van der Waals surface area contributed by atoms with Gasteiger partial charge < -0.3 is 19.6 Å². The number of rotatable bonds is 6. The number of phenols is 1. The molecule has 35 heavy (non-hydrogen) atoms. The summed E-state index contributed by atoms with van der Waals surface area (Å²) in [6, 6.07) is 25.6. The highest BCUT2D eigenvalue weighted by Crippen LogP contribution is 2.34. The molecule has 0 fully saturated rings. The Labute approximate surface area is 202 Å². The van der Waals surface area contributed by atoms with Crippen LogP contribution in [0.3, 0.4) is 0 Å². The molecule has 0 saturated heterocycles. The fourth-order valence-electron chi connectivity index (χ4n) is 3.95. The first-order chi connectivity index (χ1) is 17.0. The van der Waals surface area contributed by atoms with Gasteiger partial charge in [0.1, 0.15) is 23.6 Å². The molecule has 4 aromatic carbocycles. The molecule has 0 spiro atoms. The fraction of sp³-hybridized carbons (Fsp3) is 0.103. The van der Waals surface area contributed by atoms with E-state index in [-0.39, 0.29) is 11.7 Å². The lowest BCUT2D eigenvalue weighted by atomic mass is 10.1. The summed E-state index contributed by atoms with van der Waals surface area (Å²) in [6.45, 7) is 4.37. The average molecular weight is 465 g/mol. The molecular weight excluding hydrogens is 440 g/mol. The van der Waals surface area contributed by atoms with E-state index >= 15 is 0 Å². The molecule has 1 heterocycles. The second-order valence-corrected chi connectivity index (χ2v) is 8.44. The number of hydrogen-bond donors (Lipinski definition) is 2. The molecule has 0 aliphatic rings. The maximum atomic E-state index is 12.9. The summed E-state index contributed by atoms with van der Waals surface area (Å²) in [6.07, 6.45) is 0. The van der Waals surface area contributed by atoms with Gasteiger partial charge in [0.05, 0.1) is 5.56 Å². The van der Waals surface area contributed by atoms with Crippen LogP contribution in [0.2, 0.25) is 0 Å². The number of nitrogens with zero attached hydrogens (tertiary/aromatic N) is 1. The molecule has 0 radical (unpaired) electrons. The molecule has 5 rings (SSSR count). The number of ether oxygens (including phenoxy) is 1. The number of amides is 1. The summed E-state index contributed by atoms with van der Waals surface area (Å²) >= 11 is 0. The largest absolute Gasteiger partial charge is 0.507 e. The molecule has 0 saturated carbocycles. The molecule has 5 aromatic rings. The van der Waals surface area contributed by atoms with Gasteiger partial charge in [0.15, 0.2) is 5.58 Å². The topological polar surface area (TPSA) is 84.6 Å². The second kappa shape index (κ2) is 9.35. The number of phenolic OH excluding ortho intramolecular Hbond substituents is 1. The van der Waals surface area contributed by atoms with Crippen molar-refractivity contribution in [1.29, 1.82) is 0 Å². The first kappa shape index (κ1) is 22.2. The van der Waals surface area contributed by atoms with Gasteiger partial charge in [-0.2, -0.15) is 0 Å². The quantitative estimate of drug-likeness (QED) is 0.275. The van der Waals surface area contributed by atoms with Gasteiger partial charge in [0.2, 0.25) is 5.89 Å². The number of aromatic hydroxyl groups is 1. The highest BCUT2D eigenvalue weighted by Gasteiger charge is 2.16. The lowest BCUT2D eigenvalue weighted by Gasteiger charge is -2.10. The molecule has 0 bridgehead atoms. The summed E-state index contributed by atoms with van der Waals surface area (Å²) in [5.74, 6) is 0.611. The monoisotopic (exact) mass is 464 g/mol. The third-order valence-corrected chi connectivity index (χ3v) is 5.65. The summed E-state index contributed by atoms with van der Waals surface area (Å²) < 4.78 is 11.8. The van der Waals surface area contributed by atoms with Gasteiger partial charge in [-0.05, 0) is 73.0 Å². The molecule has 6 heteroatoms. The molecule has 0 aliphatic carbocycles. The van der Waals surface area contributed by atoms with E-state index in [9.17, 15) is 9.90 Å². The van der Waals surface area contributed by atoms with Crippen molar-refractivity contribution in [3.63, 3.8) is 0 Å². The van der Waals surface area contributed by atoms with Crippen molar-refractivity contribution >= 4 is 22.7 Å². The zero-order chi connectivity index (χ0) is 24.4. The van der Waals surface area contributed by atoms with Crippen LogP contribution >= 0.6 is 0 Å². The molecule has 1 amide bonds. The molecule has 174 valence electrons. The minimum atomic E-state index is -0.296. The van der Waals surface area contributed by atoms with Gasteiger partial charge in [-0.1, -0.05) is 42.5 Å². The number of carbonyl (C=O) groups is 1. The summed E-state index contributed by atoms with van der Waals surface area (Å²) in [5, 5.41) is 13.3. The highest BCUT2D eigenvalue weighted by atomic mass is 16.5. The van der Waals surface area contributed by atoms with Gasteiger partial charge >= 0.3 is 0 Å². The Kier molecular flexibility index (Phi) is 5.94. The number of carbonyl (C=O) groups excluding carboxylic acids is 1. The van der Waals surface area contributed by atoms with Crippen LogP contribution in [-0.2, 0) is 6.61 Å². The van der Waals surface area contributed by atoms with Gasteiger partial charge in [-0.3, -0.25) is 4.79 Å². The van der Waals surface area contributed by atoms with Crippen molar-refractivity contribution in [2.24, 2.45) is 0 Å². The Morgan fingerprint density at radius 3 is 2.63 bits per heavy atom. The minimum absolute atomic E-state index is 0.0141. The number of fused-ring (bicyclic) bond motifs is 1. The number of aryl methyl sites for hydroxylation is 2. The Morgan fingerprint density at radius 2 is 1.80 bits per heavy atom. The van der Waals surface area contributed by atoms with Crippen LogP contribution in [-0.4, -0.2) is 16.0 Å². The first-order valence-corrected chi connectivity index (χ1v) is 11.3. The molecule has 2 N–H and O–H groups in total. The molecular formula is C29H24N2O4. The number of hydrogen-bond acceptors (Lipinski definition) is 5. The minimum Gasteiger partial charge on any atom is -0.507 e. The molecule has 0 aliphatic heterocycles. The van der Waals surface area contributed by atoms with Crippen LogP contribution < -0.4 is 10.1 Å². The lowest BCUT2D eigenvalue weighted by Crippen LogP contribution is -2.12. The van der Waals surface area contributed by atoms with Gasteiger partial charge in [0, 0.05) is 11.3 Å². The van der Waals surface area contributed by atoms with E-state index in [2.05, 4.69) is 10.3 Å². The number of anilines is 1. The molecule has 1 aromatic heterocycles. The number of benzene rings is 4. The van der Waals surface area contributed by atoms with E-state index in [1.54, 1.807) is 30.3 Å². The van der Waals surface area contributed by atoms with Crippen LogP contribution in [0.5, 0.6) is 11.5 Å². The third kappa shape index (κ3) is 4.87. The van der Waals surface area contributed by atoms with Gasteiger partial charge in [-0.25, -0.2) is 4.98 Å². The Bertz CT molecular complexity index is 1520. The highest BCUT2D eigenvalue weighted by molar-refractivity contribution is 6.04. The van der Waals surface area contributed by atoms with E-state index in [1.165, 1.54) is 6.07 Å². The van der Waals surface area contributed by atoms with Gasteiger partial charge in [0.25, 0.3) is 5.91 Å². The Balaban J connectivity index is 1.35. The molecule has 0 unspecified atom stereocenters. The Morgan fingerprint density at radius 1 is 0.971 bits per heavy atom. The first-order valence-electron chi connectivity index (χ1n) is 11.3. The lowest BCUT2D eigenvalue weighted by molar-refractivity contribution is 0.102. The standard InChI is InChI=1S/C29H24N2O4/c1-18-13-19(2)27-25(14-18)31-29(35-27)24-16-22(11-12-26(24)32)30-28(33)21-9-6-10-23(15-21)34-17-20-7-4-3-5-8-20/h3-16,32H,17H2,1-2H3,(H,30,33). The predicted octanol–water partition coefficient (Wildman–Crippen LogP) is 6.65. The van der Waals surface area contributed by atoms with Crippen molar-refractivity contribution in [1.82, 2.24) is 4.98 Å². The van der Waals surface area contributed by atoms with Crippen LogP contribution in [0.4, 0.5) is 5.69 Å². The molecule has 6 nitrogen and oxygen atoms in total. The van der Waals surface area contributed by atoms with Crippen molar-refractivity contribution in [3.8, 4) is 23.0 Å². The van der Waals surface area contributed by atoms with Crippen molar-refractivity contribution in [2.75, 3.05) is 5.32 Å². The van der Waals surface area contributed by atoms with E-state index < -0.39 is 0 Å². The number of oxazole rings is 1. The van der Waals surface area contributed by atoms with E-state index in [0.717, 1.165) is 22.2 Å². The van der Waals surface area contributed by atoms with Crippen LogP contribution in [0.15, 0.2) is 89.3 Å². The second-order valence-electron chi connectivity index (χ2n) is 8.44. The zero-order valence-electron chi connectivity index (χ0n) is 19.4. The maximum absolute atomic E-state index is 12.9. The normalized spacial score (nSPS) is 10.9. The van der Waals surface area contributed by atoms with Crippen LogP contribution in [0, 0.1) is 13.8 Å². The number of aromatic nitrogens is 1. The van der Waals surface area contributed by atoms with E-state index in [0.29, 0.717) is 40.6 Å². The maximum Gasteiger partial charge on any atom is 0.255 e. The Hall–Kier alpha value is -4.58. The summed E-state index contributed by atoms with van der Waals surface area (Å²) in [4.78, 5) is 17.5. The average Bonchev–Trinajstić information content (AvgIpc) is 3.29. The van der Waals surface area contributed by atoms with E-state index in [1.807, 2.05) is 62.4 Å². The van der Waals surface area contributed by atoms with E-state index in [4.69, 9.17) is 9.15 Å². The van der Waals surface area contributed by atoms with Crippen LogP contribution in [0.25, 0.3) is 22.6 Å². The summed E-state index contributed by atoms with van der Waals surface area (Å²) in [5.41, 5.74) is 5.85. The number of nitrogens with one attached hydrogen (secondary N) is 1. The zero-order valence-corrected chi connectivity index (χ0v) is 19.4. The molecule has 0 atom stereocenters. The summed E-state index contributed by atoms with van der Waals surface area (Å²) in [7, 11) is 0. The predicted molar refractivity (Wildman–Crippen MR) is 136 cm³/mol. The van der Waals surface area contributed by atoms with Crippen LogP contribution in [0.1, 0.15) is 27.0 Å². The van der Waals surface area contributed by atoms with Crippen molar-refractivity contribution in [2.45, 2.75) is 20.5 Å². The van der Waals surface area contributed by atoms with Crippen molar-refractivity contribution in [3.05, 3.63) is 107 Å². The van der Waals surface area contributed by atoms with Crippen molar-refractivity contribution < 1.29 is 19.1 Å². The fourth-order valence-corrected chi connectivity index (χ4v) is 3.95. The SMILES string of the molecule is Cc1cc(C)c2oc(-c3cc(NC(=O)c4cccc(OCc5ccccc5)c4)ccc3O)nc2c1. The third-order valence-electron chi connectivity index (χ3n) is 5.65. The van der Waals surface area contributed by atoms with Gasteiger partial charge in [-0.15, -0.1) is 0 Å². The smallest absolute Gasteiger partial charge is 0.255 e.